The average molecular weight is 313 g/mol. The SMILES string of the molecule is CS(=O)(=O)c1cccc(NCC(=O)NC2CC2)c1[N+](=O)[O-]. The predicted molar refractivity (Wildman–Crippen MR) is 75.9 cm³/mol. The van der Waals surface area contributed by atoms with Crippen molar-refractivity contribution in [2.75, 3.05) is 18.1 Å². The molecule has 2 N–H and O–H groups in total. The van der Waals surface area contributed by atoms with Crippen LogP contribution in [0.2, 0.25) is 0 Å². The van der Waals surface area contributed by atoms with Crippen molar-refractivity contribution in [3.63, 3.8) is 0 Å². The van der Waals surface area contributed by atoms with Crippen molar-refractivity contribution in [1.82, 2.24) is 5.32 Å². The zero-order valence-electron chi connectivity index (χ0n) is 11.3. The van der Waals surface area contributed by atoms with Gasteiger partial charge in [0.2, 0.25) is 5.91 Å². The fraction of sp³-hybridized carbons (Fsp3) is 0.417. The summed E-state index contributed by atoms with van der Waals surface area (Å²) in [6.07, 6.45) is 2.78. The van der Waals surface area contributed by atoms with Gasteiger partial charge >= 0.3 is 5.69 Å². The number of nitro benzene ring substituents is 1. The number of hydrogen-bond donors (Lipinski definition) is 2. The summed E-state index contributed by atoms with van der Waals surface area (Å²) in [4.78, 5) is 21.5. The maximum atomic E-state index is 11.6. The van der Waals surface area contributed by atoms with E-state index in [0.29, 0.717) is 0 Å². The van der Waals surface area contributed by atoms with Gasteiger partial charge in [-0.25, -0.2) is 8.42 Å². The number of nitro groups is 1. The van der Waals surface area contributed by atoms with E-state index >= 15 is 0 Å². The molecule has 1 aromatic rings. The molecule has 0 atom stereocenters. The van der Waals surface area contributed by atoms with Crippen molar-refractivity contribution in [2.24, 2.45) is 0 Å². The minimum atomic E-state index is -3.73. The van der Waals surface area contributed by atoms with Crippen molar-refractivity contribution in [3.05, 3.63) is 28.3 Å². The van der Waals surface area contributed by atoms with E-state index in [0.717, 1.165) is 19.1 Å². The lowest BCUT2D eigenvalue weighted by Crippen LogP contribution is -2.31. The third-order valence-corrected chi connectivity index (χ3v) is 4.09. The summed E-state index contributed by atoms with van der Waals surface area (Å²) in [6, 6.07) is 4.13. The van der Waals surface area contributed by atoms with Gasteiger partial charge in [0.1, 0.15) is 10.6 Å². The molecule has 9 heteroatoms. The summed E-state index contributed by atoms with van der Waals surface area (Å²) in [5.74, 6) is -0.281. The Labute approximate surface area is 121 Å². The van der Waals surface area contributed by atoms with Crippen LogP contribution in [0.4, 0.5) is 11.4 Å². The first-order valence-electron chi connectivity index (χ1n) is 6.29. The molecule has 0 unspecified atom stereocenters. The first-order valence-corrected chi connectivity index (χ1v) is 8.19. The highest BCUT2D eigenvalue weighted by Gasteiger charge is 2.27. The Morgan fingerprint density at radius 3 is 2.62 bits per heavy atom. The summed E-state index contributed by atoms with van der Waals surface area (Å²) in [6.45, 7) is -0.148. The van der Waals surface area contributed by atoms with Crippen molar-refractivity contribution >= 4 is 27.1 Å². The molecule has 0 spiro atoms. The number of para-hydroxylation sites is 1. The van der Waals surface area contributed by atoms with Gasteiger partial charge in [0, 0.05) is 12.3 Å². The molecule has 0 bridgehead atoms. The zero-order valence-corrected chi connectivity index (χ0v) is 12.1. The molecule has 0 saturated heterocycles. The Morgan fingerprint density at radius 1 is 1.43 bits per heavy atom. The van der Waals surface area contributed by atoms with E-state index < -0.39 is 20.4 Å². The van der Waals surface area contributed by atoms with Crippen LogP contribution >= 0.6 is 0 Å². The predicted octanol–water partition coefficient (Wildman–Crippen LogP) is 0.689. The van der Waals surface area contributed by atoms with Gasteiger partial charge in [0.05, 0.1) is 11.5 Å². The van der Waals surface area contributed by atoms with Crippen LogP contribution in [-0.2, 0) is 14.6 Å². The molecule has 21 heavy (non-hydrogen) atoms. The number of sulfone groups is 1. The molecule has 0 radical (unpaired) electrons. The number of benzene rings is 1. The zero-order chi connectivity index (χ0) is 15.6. The minimum absolute atomic E-state index is 0.00821. The van der Waals surface area contributed by atoms with Crippen LogP contribution in [0.25, 0.3) is 0 Å². The molecule has 1 aliphatic rings. The van der Waals surface area contributed by atoms with Crippen molar-refractivity contribution in [1.29, 1.82) is 0 Å². The monoisotopic (exact) mass is 313 g/mol. The lowest BCUT2D eigenvalue weighted by molar-refractivity contribution is -0.386. The average Bonchev–Trinajstić information content (AvgIpc) is 3.18. The van der Waals surface area contributed by atoms with Crippen LogP contribution in [0.15, 0.2) is 23.1 Å². The molecule has 114 valence electrons. The lowest BCUT2D eigenvalue weighted by atomic mass is 10.2. The van der Waals surface area contributed by atoms with Crippen LogP contribution in [0, 0.1) is 10.1 Å². The molecule has 1 amide bonds. The van der Waals surface area contributed by atoms with E-state index in [4.69, 9.17) is 0 Å². The second-order valence-electron chi connectivity index (χ2n) is 4.88. The standard InChI is InChI=1S/C12H15N3O5S/c1-21(19,20)10-4-2-3-9(12(10)15(17)18)13-7-11(16)14-8-5-6-8/h2-4,8,13H,5-7H2,1H3,(H,14,16). The topological polar surface area (TPSA) is 118 Å². The summed E-state index contributed by atoms with van der Waals surface area (Å²) in [5.41, 5.74) is -0.534. The highest BCUT2D eigenvalue weighted by atomic mass is 32.2. The van der Waals surface area contributed by atoms with Crippen LogP contribution in [0.3, 0.4) is 0 Å². The van der Waals surface area contributed by atoms with Crippen molar-refractivity contribution in [2.45, 2.75) is 23.8 Å². The molecule has 0 aliphatic heterocycles. The first-order chi connectivity index (χ1) is 9.79. The first kappa shape index (κ1) is 15.2. The van der Waals surface area contributed by atoms with Crippen LogP contribution < -0.4 is 10.6 Å². The van der Waals surface area contributed by atoms with Gasteiger partial charge in [0.25, 0.3) is 0 Å². The van der Waals surface area contributed by atoms with Gasteiger partial charge in [-0.2, -0.15) is 0 Å². The van der Waals surface area contributed by atoms with E-state index in [1.807, 2.05) is 0 Å². The molecule has 8 nitrogen and oxygen atoms in total. The Kier molecular flexibility index (Phi) is 4.12. The molecular weight excluding hydrogens is 298 g/mol. The normalized spacial score (nSPS) is 14.5. The van der Waals surface area contributed by atoms with Crippen molar-refractivity contribution < 1.29 is 18.1 Å². The summed E-state index contributed by atoms with van der Waals surface area (Å²) in [5, 5.41) is 16.5. The van der Waals surface area contributed by atoms with E-state index in [1.165, 1.54) is 18.2 Å². The van der Waals surface area contributed by atoms with Crippen LogP contribution in [0.5, 0.6) is 0 Å². The van der Waals surface area contributed by atoms with E-state index in [-0.39, 0.29) is 29.1 Å². The van der Waals surface area contributed by atoms with Gasteiger partial charge in [-0.3, -0.25) is 14.9 Å². The molecule has 1 saturated carbocycles. The van der Waals surface area contributed by atoms with E-state index in [1.54, 1.807) is 0 Å². The Hall–Kier alpha value is -2.16. The second-order valence-corrected chi connectivity index (χ2v) is 6.86. The third kappa shape index (κ3) is 3.91. The summed E-state index contributed by atoms with van der Waals surface area (Å²) < 4.78 is 23.2. The number of carbonyl (C=O) groups excluding carboxylic acids is 1. The number of nitrogens with one attached hydrogen (secondary N) is 2. The Morgan fingerprint density at radius 2 is 2.10 bits per heavy atom. The summed E-state index contributed by atoms with van der Waals surface area (Å²) in [7, 11) is -3.73. The maximum Gasteiger partial charge on any atom is 0.310 e. The second kappa shape index (κ2) is 5.68. The number of anilines is 1. The number of rotatable bonds is 6. The van der Waals surface area contributed by atoms with E-state index in [2.05, 4.69) is 10.6 Å². The van der Waals surface area contributed by atoms with Gasteiger partial charge in [-0.1, -0.05) is 6.07 Å². The largest absolute Gasteiger partial charge is 0.371 e. The number of amides is 1. The molecule has 1 aliphatic carbocycles. The number of hydrogen-bond acceptors (Lipinski definition) is 6. The van der Waals surface area contributed by atoms with Crippen molar-refractivity contribution in [3.8, 4) is 0 Å². The lowest BCUT2D eigenvalue weighted by Gasteiger charge is -2.09. The Balaban J connectivity index is 2.22. The maximum absolute atomic E-state index is 11.6. The molecule has 2 rings (SSSR count). The molecule has 1 aromatic carbocycles. The fourth-order valence-corrected chi connectivity index (χ4v) is 2.70. The quantitative estimate of drug-likeness (QED) is 0.589. The van der Waals surface area contributed by atoms with Gasteiger partial charge in [0.15, 0.2) is 9.84 Å². The smallest absolute Gasteiger partial charge is 0.310 e. The van der Waals surface area contributed by atoms with E-state index in [9.17, 15) is 23.3 Å². The molecule has 0 heterocycles. The fourth-order valence-electron chi connectivity index (χ4n) is 1.83. The third-order valence-electron chi connectivity index (χ3n) is 2.96. The molecule has 1 fully saturated rings. The highest BCUT2D eigenvalue weighted by Crippen LogP contribution is 2.31. The highest BCUT2D eigenvalue weighted by molar-refractivity contribution is 7.90. The Bertz CT molecular complexity index is 682. The van der Waals surface area contributed by atoms with Gasteiger partial charge in [-0.15, -0.1) is 0 Å². The minimum Gasteiger partial charge on any atom is -0.371 e. The molecule has 0 aromatic heterocycles. The van der Waals surface area contributed by atoms with Crippen LogP contribution in [-0.4, -0.2) is 38.1 Å². The van der Waals surface area contributed by atoms with Crippen LogP contribution in [0.1, 0.15) is 12.8 Å². The summed E-state index contributed by atoms with van der Waals surface area (Å²) >= 11 is 0. The van der Waals surface area contributed by atoms with Gasteiger partial charge in [-0.05, 0) is 25.0 Å². The number of carbonyl (C=O) groups is 1. The number of nitrogens with zero attached hydrogens (tertiary/aromatic N) is 1. The molecular formula is C12H15N3O5S. The van der Waals surface area contributed by atoms with Gasteiger partial charge < -0.3 is 10.6 Å².